The fraction of sp³-hybridized carbons (Fsp3) is 0.0909. The van der Waals surface area contributed by atoms with Crippen molar-refractivity contribution in [2.45, 2.75) is 13.8 Å². The summed E-state index contributed by atoms with van der Waals surface area (Å²) in [4.78, 5) is 25.0. The molecule has 0 heterocycles. The molecule has 4 heteroatoms. The van der Waals surface area contributed by atoms with E-state index in [0.717, 1.165) is 22.5 Å². The number of rotatable bonds is 4. The Morgan fingerprint density at radius 2 is 1.35 bits per heavy atom. The second kappa shape index (κ2) is 7.66. The van der Waals surface area contributed by atoms with E-state index in [9.17, 15) is 9.59 Å². The highest BCUT2D eigenvalue weighted by atomic mass is 16.2. The fourth-order valence-electron chi connectivity index (χ4n) is 2.64. The van der Waals surface area contributed by atoms with E-state index in [0.29, 0.717) is 11.1 Å². The van der Waals surface area contributed by atoms with E-state index in [4.69, 9.17) is 0 Å². The lowest BCUT2D eigenvalue weighted by atomic mass is 10.1. The van der Waals surface area contributed by atoms with Gasteiger partial charge >= 0.3 is 0 Å². The summed E-state index contributed by atoms with van der Waals surface area (Å²) in [6.07, 6.45) is 0. The second-order valence-corrected chi connectivity index (χ2v) is 6.17. The summed E-state index contributed by atoms with van der Waals surface area (Å²) >= 11 is 0. The van der Waals surface area contributed by atoms with Gasteiger partial charge in [-0.25, -0.2) is 0 Å². The van der Waals surface area contributed by atoms with Crippen LogP contribution in [0.25, 0.3) is 0 Å². The monoisotopic (exact) mass is 344 g/mol. The Morgan fingerprint density at radius 1 is 0.692 bits per heavy atom. The minimum Gasteiger partial charge on any atom is -0.322 e. The van der Waals surface area contributed by atoms with Gasteiger partial charge in [-0.1, -0.05) is 36.4 Å². The average Bonchev–Trinajstić information content (AvgIpc) is 2.63. The summed E-state index contributed by atoms with van der Waals surface area (Å²) in [5, 5.41) is 5.73. The van der Waals surface area contributed by atoms with Crippen molar-refractivity contribution < 1.29 is 9.59 Å². The molecule has 0 saturated carbocycles. The summed E-state index contributed by atoms with van der Waals surface area (Å²) < 4.78 is 0. The van der Waals surface area contributed by atoms with Gasteiger partial charge in [-0.2, -0.15) is 0 Å². The van der Waals surface area contributed by atoms with Crippen molar-refractivity contribution in [2.24, 2.45) is 0 Å². The van der Waals surface area contributed by atoms with Crippen LogP contribution in [-0.2, 0) is 0 Å². The highest BCUT2D eigenvalue weighted by Crippen LogP contribution is 2.16. The summed E-state index contributed by atoms with van der Waals surface area (Å²) in [6.45, 7) is 3.90. The first-order chi connectivity index (χ1) is 12.5. The molecular weight excluding hydrogens is 324 g/mol. The molecule has 0 unspecified atom stereocenters. The Bertz CT molecular complexity index is 964. The molecule has 0 bridgehead atoms. The van der Waals surface area contributed by atoms with Crippen LogP contribution in [0.4, 0.5) is 11.4 Å². The Hall–Kier alpha value is -3.40. The van der Waals surface area contributed by atoms with Crippen molar-refractivity contribution >= 4 is 23.2 Å². The first kappa shape index (κ1) is 17.4. The summed E-state index contributed by atoms with van der Waals surface area (Å²) in [5.74, 6) is -0.495. The first-order valence-electron chi connectivity index (χ1n) is 8.38. The van der Waals surface area contributed by atoms with E-state index in [1.807, 2.05) is 62.4 Å². The minimum atomic E-state index is -0.249. The number of carbonyl (C=O) groups is 2. The van der Waals surface area contributed by atoms with Gasteiger partial charge < -0.3 is 10.6 Å². The van der Waals surface area contributed by atoms with Crippen LogP contribution in [0, 0.1) is 13.8 Å². The molecule has 3 rings (SSSR count). The number of hydrogen-bond donors (Lipinski definition) is 2. The second-order valence-electron chi connectivity index (χ2n) is 6.17. The quantitative estimate of drug-likeness (QED) is 0.714. The van der Waals surface area contributed by atoms with Gasteiger partial charge in [0.25, 0.3) is 11.8 Å². The van der Waals surface area contributed by atoms with Crippen molar-refractivity contribution in [3.05, 3.63) is 95.1 Å². The lowest BCUT2D eigenvalue weighted by molar-refractivity contribution is 0.102. The number of benzene rings is 3. The molecule has 26 heavy (non-hydrogen) atoms. The normalized spacial score (nSPS) is 10.2. The van der Waals surface area contributed by atoms with E-state index in [2.05, 4.69) is 10.6 Å². The number of aryl methyl sites for hydroxylation is 2. The van der Waals surface area contributed by atoms with Crippen molar-refractivity contribution in [2.75, 3.05) is 10.6 Å². The largest absolute Gasteiger partial charge is 0.322 e. The maximum absolute atomic E-state index is 12.5. The van der Waals surface area contributed by atoms with Crippen LogP contribution in [0.3, 0.4) is 0 Å². The van der Waals surface area contributed by atoms with Gasteiger partial charge in [0, 0.05) is 22.5 Å². The molecule has 0 aliphatic carbocycles. The number of para-hydroxylation sites is 1. The topological polar surface area (TPSA) is 58.2 Å². The van der Waals surface area contributed by atoms with Crippen LogP contribution in [0.2, 0.25) is 0 Å². The predicted molar refractivity (Wildman–Crippen MR) is 105 cm³/mol. The Balaban J connectivity index is 1.76. The Kier molecular flexibility index (Phi) is 5.13. The molecular formula is C22H20N2O2. The zero-order valence-corrected chi connectivity index (χ0v) is 14.7. The third-order valence-corrected chi connectivity index (χ3v) is 4.06. The number of hydrogen-bond acceptors (Lipinski definition) is 2. The third-order valence-electron chi connectivity index (χ3n) is 4.06. The average molecular weight is 344 g/mol. The lowest BCUT2D eigenvalue weighted by Crippen LogP contribution is -2.16. The van der Waals surface area contributed by atoms with Crippen molar-refractivity contribution in [3.63, 3.8) is 0 Å². The van der Waals surface area contributed by atoms with E-state index < -0.39 is 0 Å². The SMILES string of the molecule is Cc1cccc(NC(=O)c2cccc(C(=O)Nc3ccccc3C)c2)c1. The zero-order chi connectivity index (χ0) is 18.5. The highest BCUT2D eigenvalue weighted by Gasteiger charge is 2.12. The van der Waals surface area contributed by atoms with Gasteiger partial charge in [0.05, 0.1) is 0 Å². The van der Waals surface area contributed by atoms with Gasteiger partial charge in [-0.15, -0.1) is 0 Å². The molecule has 130 valence electrons. The van der Waals surface area contributed by atoms with Crippen molar-refractivity contribution in [3.8, 4) is 0 Å². The molecule has 0 aliphatic heterocycles. The fourth-order valence-corrected chi connectivity index (χ4v) is 2.64. The van der Waals surface area contributed by atoms with Crippen LogP contribution < -0.4 is 10.6 Å². The molecule has 3 aromatic rings. The highest BCUT2D eigenvalue weighted by molar-refractivity contribution is 6.08. The van der Waals surface area contributed by atoms with Crippen LogP contribution in [0.15, 0.2) is 72.8 Å². The molecule has 0 spiro atoms. The molecule has 0 aromatic heterocycles. The minimum absolute atomic E-state index is 0.246. The Labute approximate surface area is 152 Å². The molecule has 0 atom stereocenters. The molecule has 0 fully saturated rings. The molecule has 0 aliphatic rings. The molecule has 4 nitrogen and oxygen atoms in total. The van der Waals surface area contributed by atoms with E-state index in [1.54, 1.807) is 24.3 Å². The van der Waals surface area contributed by atoms with Crippen molar-refractivity contribution in [1.29, 1.82) is 0 Å². The van der Waals surface area contributed by atoms with Crippen molar-refractivity contribution in [1.82, 2.24) is 0 Å². The van der Waals surface area contributed by atoms with Gasteiger partial charge in [-0.3, -0.25) is 9.59 Å². The molecule has 3 aromatic carbocycles. The van der Waals surface area contributed by atoms with Gasteiger partial charge in [0.1, 0.15) is 0 Å². The lowest BCUT2D eigenvalue weighted by Gasteiger charge is -2.10. The summed E-state index contributed by atoms with van der Waals surface area (Å²) in [6, 6.07) is 21.8. The maximum atomic E-state index is 12.5. The maximum Gasteiger partial charge on any atom is 0.255 e. The number of amides is 2. The molecule has 0 saturated heterocycles. The summed E-state index contributed by atoms with van der Waals surface area (Å²) in [5.41, 5.74) is 4.40. The van der Waals surface area contributed by atoms with Crippen LogP contribution in [0.5, 0.6) is 0 Å². The standard InChI is InChI=1S/C22H20N2O2/c1-15-7-5-11-19(13-15)23-21(25)17-9-6-10-18(14-17)22(26)24-20-12-4-3-8-16(20)2/h3-14H,1-2H3,(H,23,25)(H,24,26). The molecule has 2 N–H and O–H groups in total. The third kappa shape index (κ3) is 4.16. The molecule has 2 amide bonds. The number of carbonyl (C=O) groups excluding carboxylic acids is 2. The van der Waals surface area contributed by atoms with Crippen LogP contribution in [-0.4, -0.2) is 11.8 Å². The van der Waals surface area contributed by atoms with Gasteiger partial charge in [0.2, 0.25) is 0 Å². The smallest absolute Gasteiger partial charge is 0.255 e. The number of anilines is 2. The summed E-state index contributed by atoms with van der Waals surface area (Å²) in [7, 11) is 0. The predicted octanol–water partition coefficient (Wildman–Crippen LogP) is 4.81. The number of nitrogens with one attached hydrogen (secondary N) is 2. The van der Waals surface area contributed by atoms with E-state index in [1.165, 1.54) is 0 Å². The Morgan fingerprint density at radius 3 is 2.04 bits per heavy atom. The van der Waals surface area contributed by atoms with Gasteiger partial charge in [-0.05, 0) is 61.4 Å². The van der Waals surface area contributed by atoms with E-state index >= 15 is 0 Å². The van der Waals surface area contributed by atoms with E-state index in [-0.39, 0.29) is 11.8 Å². The zero-order valence-electron chi connectivity index (χ0n) is 14.7. The van der Waals surface area contributed by atoms with Crippen LogP contribution in [0.1, 0.15) is 31.8 Å². The van der Waals surface area contributed by atoms with Crippen LogP contribution >= 0.6 is 0 Å². The van der Waals surface area contributed by atoms with Gasteiger partial charge in [0.15, 0.2) is 0 Å². The molecule has 0 radical (unpaired) electrons. The first-order valence-corrected chi connectivity index (χ1v) is 8.38.